The summed E-state index contributed by atoms with van der Waals surface area (Å²) in [6.45, 7) is 1.29. The number of rotatable bonds is 4. The second kappa shape index (κ2) is 7.04. The SMILES string of the molecule is OCCNC(=S)NCC1=C(Cl)CCCC1. The first-order valence-corrected chi connectivity index (χ1v) is 6.01. The summed E-state index contributed by atoms with van der Waals surface area (Å²) in [6, 6.07) is 0. The van der Waals surface area contributed by atoms with Crippen LogP contribution in [0.4, 0.5) is 0 Å². The quantitative estimate of drug-likeness (QED) is 0.660. The van der Waals surface area contributed by atoms with E-state index in [1.165, 1.54) is 18.4 Å². The Hall–Kier alpha value is -0.320. The molecule has 1 aliphatic carbocycles. The van der Waals surface area contributed by atoms with Crippen LogP contribution in [0.3, 0.4) is 0 Å². The number of hydrogen-bond donors (Lipinski definition) is 3. The van der Waals surface area contributed by atoms with Gasteiger partial charge in [-0.05, 0) is 43.5 Å². The molecule has 0 saturated heterocycles. The van der Waals surface area contributed by atoms with Gasteiger partial charge in [0.1, 0.15) is 0 Å². The molecule has 0 aliphatic heterocycles. The third-order valence-corrected chi connectivity index (χ3v) is 3.11. The van der Waals surface area contributed by atoms with Crippen molar-refractivity contribution in [2.24, 2.45) is 0 Å². The van der Waals surface area contributed by atoms with Gasteiger partial charge in [-0.25, -0.2) is 0 Å². The van der Waals surface area contributed by atoms with Crippen LogP contribution in [0.15, 0.2) is 10.6 Å². The van der Waals surface area contributed by atoms with Crippen LogP contribution in [0, 0.1) is 0 Å². The first-order chi connectivity index (χ1) is 7.24. The number of halogens is 1. The third-order valence-electron chi connectivity index (χ3n) is 2.37. The fourth-order valence-corrected chi connectivity index (χ4v) is 2.00. The van der Waals surface area contributed by atoms with E-state index < -0.39 is 0 Å². The fourth-order valence-electron chi connectivity index (χ4n) is 1.53. The minimum atomic E-state index is 0.0886. The lowest BCUT2D eigenvalue weighted by molar-refractivity contribution is 0.300. The van der Waals surface area contributed by atoms with Crippen LogP contribution < -0.4 is 10.6 Å². The summed E-state index contributed by atoms with van der Waals surface area (Å²) >= 11 is 11.1. The van der Waals surface area contributed by atoms with Gasteiger partial charge in [0, 0.05) is 18.1 Å². The van der Waals surface area contributed by atoms with Crippen LogP contribution in [0.2, 0.25) is 0 Å². The minimum Gasteiger partial charge on any atom is -0.395 e. The topological polar surface area (TPSA) is 44.3 Å². The zero-order chi connectivity index (χ0) is 11.1. The Bertz CT molecular complexity index is 256. The van der Waals surface area contributed by atoms with Gasteiger partial charge >= 0.3 is 0 Å². The molecule has 0 aromatic heterocycles. The first-order valence-electron chi connectivity index (χ1n) is 5.23. The van der Waals surface area contributed by atoms with Crippen molar-refractivity contribution in [3.8, 4) is 0 Å². The molecule has 0 atom stereocenters. The molecule has 1 aliphatic rings. The van der Waals surface area contributed by atoms with Crippen molar-refractivity contribution < 1.29 is 5.11 Å². The highest BCUT2D eigenvalue weighted by molar-refractivity contribution is 7.80. The van der Waals surface area contributed by atoms with Gasteiger partial charge in [0.15, 0.2) is 5.11 Å². The van der Waals surface area contributed by atoms with E-state index in [0.717, 1.165) is 24.4 Å². The Morgan fingerprint density at radius 3 is 2.73 bits per heavy atom. The van der Waals surface area contributed by atoms with E-state index >= 15 is 0 Å². The van der Waals surface area contributed by atoms with E-state index in [2.05, 4.69) is 10.6 Å². The van der Waals surface area contributed by atoms with Gasteiger partial charge in [-0.3, -0.25) is 0 Å². The molecular weight excluding hydrogens is 232 g/mol. The third kappa shape index (κ3) is 4.82. The normalized spacial score (nSPS) is 16.4. The molecule has 3 nitrogen and oxygen atoms in total. The lowest BCUT2D eigenvalue weighted by Crippen LogP contribution is -2.37. The molecule has 0 saturated carbocycles. The number of thiocarbonyl (C=S) groups is 1. The molecule has 0 fully saturated rings. The molecule has 0 aromatic rings. The highest BCUT2D eigenvalue weighted by Crippen LogP contribution is 2.26. The van der Waals surface area contributed by atoms with Gasteiger partial charge < -0.3 is 15.7 Å². The van der Waals surface area contributed by atoms with Crippen LogP contribution in [-0.4, -0.2) is 29.9 Å². The fraction of sp³-hybridized carbons (Fsp3) is 0.700. The number of aliphatic hydroxyl groups is 1. The van der Waals surface area contributed by atoms with Gasteiger partial charge in [-0.2, -0.15) is 0 Å². The summed E-state index contributed by atoms with van der Waals surface area (Å²) in [5.41, 5.74) is 1.26. The lowest BCUT2D eigenvalue weighted by atomic mass is 9.99. The van der Waals surface area contributed by atoms with E-state index in [9.17, 15) is 0 Å². The summed E-state index contributed by atoms with van der Waals surface area (Å²) in [5.74, 6) is 0. The molecule has 0 amide bonds. The predicted octanol–water partition coefficient (Wildman–Crippen LogP) is 1.51. The molecule has 15 heavy (non-hydrogen) atoms. The van der Waals surface area contributed by atoms with Gasteiger partial charge in [0.2, 0.25) is 0 Å². The average Bonchev–Trinajstić information content (AvgIpc) is 2.25. The molecule has 0 radical (unpaired) electrons. The molecule has 86 valence electrons. The molecule has 0 bridgehead atoms. The molecule has 0 aromatic carbocycles. The molecule has 5 heteroatoms. The standard InChI is InChI=1S/C10H17ClN2OS/c11-9-4-2-1-3-8(9)7-13-10(15)12-5-6-14/h14H,1-7H2,(H2,12,13,15). The average molecular weight is 249 g/mol. The maximum atomic E-state index is 8.59. The van der Waals surface area contributed by atoms with E-state index in [-0.39, 0.29) is 6.61 Å². The van der Waals surface area contributed by atoms with Crippen LogP contribution in [0.5, 0.6) is 0 Å². The van der Waals surface area contributed by atoms with Crippen molar-refractivity contribution in [3.63, 3.8) is 0 Å². The van der Waals surface area contributed by atoms with Crippen molar-refractivity contribution in [2.75, 3.05) is 19.7 Å². The first kappa shape index (κ1) is 12.7. The smallest absolute Gasteiger partial charge is 0.166 e. The number of hydrogen-bond acceptors (Lipinski definition) is 2. The summed E-state index contributed by atoms with van der Waals surface area (Å²) in [4.78, 5) is 0. The van der Waals surface area contributed by atoms with Crippen molar-refractivity contribution >= 4 is 28.9 Å². The molecule has 0 unspecified atom stereocenters. The summed E-state index contributed by atoms with van der Waals surface area (Å²) in [5, 5.41) is 16.1. The zero-order valence-corrected chi connectivity index (χ0v) is 10.3. The highest BCUT2D eigenvalue weighted by Gasteiger charge is 2.10. The van der Waals surface area contributed by atoms with Crippen LogP contribution in [0.1, 0.15) is 25.7 Å². The second-order valence-electron chi connectivity index (χ2n) is 3.55. The second-order valence-corrected chi connectivity index (χ2v) is 4.41. The Kier molecular flexibility index (Phi) is 5.98. The summed E-state index contributed by atoms with van der Waals surface area (Å²) < 4.78 is 0. The van der Waals surface area contributed by atoms with E-state index in [0.29, 0.717) is 11.7 Å². The van der Waals surface area contributed by atoms with Gasteiger partial charge in [0.05, 0.1) is 6.61 Å². The maximum absolute atomic E-state index is 8.59. The van der Waals surface area contributed by atoms with Crippen molar-refractivity contribution in [2.45, 2.75) is 25.7 Å². The Labute approximate surface area is 101 Å². The van der Waals surface area contributed by atoms with Crippen LogP contribution >= 0.6 is 23.8 Å². The maximum Gasteiger partial charge on any atom is 0.166 e. The monoisotopic (exact) mass is 248 g/mol. The Morgan fingerprint density at radius 1 is 1.33 bits per heavy atom. The van der Waals surface area contributed by atoms with Crippen molar-refractivity contribution in [1.82, 2.24) is 10.6 Å². The van der Waals surface area contributed by atoms with E-state index in [1.807, 2.05) is 0 Å². The molecule has 3 N–H and O–H groups in total. The molecule has 0 spiro atoms. The summed E-state index contributed by atoms with van der Waals surface area (Å²) in [7, 11) is 0. The molecule has 1 rings (SSSR count). The van der Waals surface area contributed by atoms with Crippen LogP contribution in [0.25, 0.3) is 0 Å². The minimum absolute atomic E-state index is 0.0886. The highest BCUT2D eigenvalue weighted by atomic mass is 35.5. The Morgan fingerprint density at radius 2 is 2.07 bits per heavy atom. The number of nitrogens with one attached hydrogen (secondary N) is 2. The summed E-state index contributed by atoms with van der Waals surface area (Å²) in [6.07, 6.45) is 4.46. The van der Waals surface area contributed by atoms with Crippen LogP contribution in [-0.2, 0) is 0 Å². The molecule has 0 heterocycles. The molecular formula is C10H17ClN2OS. The lowest BCUT2D eigenvalue weighted by Gasteiger charge is -2.17. The van der Waals surface area contributed by atoms with Gasteiger partial charge in [-0.1, -0.05) is 11.6 Å². The van der Waals surface area contributed by atoms with Gasteiger partial charge in [0.25, 0.3) is 0 Å². The Balaban J connectivity index is 2.26. The van der Waals surface area contributed by atoms with Crippen molar-refractivity contribution in [1.29, 1.82) is 0 Å². The predicted molar refractivity (Wildman–Crippen MR) is 67.0 cm³/mol. The number of allylic oxidation sites excluding steroid dienone is 1. The van der Waals surface area contributed by atoms with E-state index in [4.69, 9.17) is 28.9 Å². The van der Waals surface area contributed by atoms with E-state index in [1.54, 1.807) is 0 Å². The zero-order valence-electron chi connectivity index (χ0n) is 8.68. The largest absolute Gasteiger partial charge is 0.395 e. The van der Waals surface area contributed by atoms with Gasteiger partial charge in [-0.15, -0.1) is 0 Å². The van der Waals surface area contributed by atoms with Crippen molar-refractivity contribution in [3.05, 3.63) is 10.6 Å². The number of aliphatic hydroxyl groups excluding tert-OH is 1.